The highest BCUT2D eigenvalue weighted by atomic mass is 32.2. The number of aromatic hydroxyl groups is 1. The van der Waals surface area contributed by atoms with E-state index in [0.717, 1.165) is 0 Å². The summed E-state index contributed by atoms with van der Waals surface area (Å²) < 4.78 is 3.78. The number of carboxylic acids is 1. The summed E-state index contributed by atoms with van der Waals surface area (Å²) in [5.74, 6) is -2.44. The highest BCUT2D eigenvalue weighted by Crippen LogP contribution is 2.50. The van der Waals surface area contributed by atoms with Gasteiger partial charge in [0.1, 0.15) is 29.2 Å². The summed E-state index contributed by atoms with van der Waals surface area (Å²) in [5, 5.41) is 31.1. The topological polar surface area (TPSA) is 202 Å². The lowest BCUT2D eigenvalue weighted by Crippen LogP contribution is -2.71. The Hall–Kier alpha value is -4.17. The monoisotopic (exact) mass is 546 g/mol. The van der Waals surface area contributed by atoms with E-state index < -0.39 is 56.9 Å². The SMILES string of the molecule is CC1(C)S[C@@H]2[C@H](NC(=O)C(N)c3ccc(O)cc3)C(=O)N2[C@H]1C(=O)O.COC(=O)c1ccc([N+](=O)[O-])cc1. The zero-order valence-electron chi connectivity index (χ0n) is 20.6. The number of aliphatic carboxylic acids is 1. The van der Waals surface area contributed by atoms with Gasteiger partial charge in [0.15, 0.2) is 0 Å². The number of rotatable bonds is 6. The van der Waals surface area contributed by atoms with E-state index >= 15 is 0 Å². The van der Waals surface area contributed by atoms with Crippen molar-refractivity contribution in [2.75, 3.05) is 7.11 Å². The van der Waals surface area contributed by atoms with Gasteiger partial charge >= 0.3 is 11.9 Å². The number of nitrogens with two attached hydrogens (primary N) is 1. The number of carbonyl (C=O) groups excluding carboxylic acids is 3. The number of nitrogens with zero attached hydrogens (tertiary/aromatic N) is 2. The van der Waals surface area contributed by atoms with E-state index in [0.29, 0.717) is 11.1 Å². The second-order valence-corrected chi connectivity index (χ2v) is 10.7. The average molecular weight is 547 g/mol. The lowest BCUT2D eigenvalue weighted by molar-refractivity contribution is -0.384. The van der Waals surface area contributed by atoms with Crippen LogP contribution in [0.3, 0.4) is 0 Å². The Morgan fingerprint density at radius 3 is 2.24 bits per heavy atom. The number of carboxylic acid groups (broad SMARTS) is 1. The molecule has 0 spiro atoms. The second kappa shape index (κ2) is 11.1. The number of ether oxygens (including phenoxy) is 1. The van der Waals surface area contributed by atoms with Gasteiger partial charge < -0.3 is 30.9 Å². The first-order valence-electron chi connectivity index (χ1n) is 11.2. The smallest absolute Gasteiger partial charge is 0.337 e. The molecular formula is C24H26N4O9S. The molecule has 1 unspecified atom stereocenters. The fourth-order valence-corrected chi connectivity index (χ4v) is 5.68. The van der Waals surface area contributed by atoms with Gasteiger partial charge in [-0.15, -0.1) is 11.8 Å². The summed E-state index contributed by atoms with van der Waals surface area (Å²) in [4.78, 5) is 58.1. The molecule has 0 aromatic heterocycles. The van der Waals surface area contributed by atoms with Crippen molar-refractivity contribution in [3.8, 4) is 5.75 Å². The van der Waals surface area contributed by atoms with Crippen LogP contribution in [0.15, 0.2) is 48.5 Å². The molecule has 2 aromatic carbocycles. The third kappa shape index (κ3) is 5.70. The number of carbonyl (C=O) groups is 4. The number of nitrogens with one attached hydrogen (secondary N) is 1. The van der Waals surface area contributed by atoms with Crippen LogP contribution in [-0.2, 0) is 19.1 Å². The molecule has 4 rings (SSSR count). The Labute approximate surface area is 221 Å². The van der Waals surface area contributed by atoms with Crippen LogP contribution in [0.4, 0.5) is 5.69 Å². The van der Waals surface area contributed by atoms with Crippen molar-refractivity contribution in [2.24, 2.45) is 5.73 Å². The third-order valence-corrected chi connectivity index (χ3v) is 7.58. The highest BCUT2D eigenvalue weighted by molar-refractivity contribution is 8.01. The fraction of sp³-hybridized carbons (Fsp3) is 0.333. The molecule has 2 aliphatic rings. The number of fused-ring (bicyclic) bond motifs is 1. The van der Waals surface area contributed by atoms with Gasteiger partial charge in [-0.3, -0.25) is 19.7 Å². The summed E-state index contributed by atoms with van der Waals surface area (Å²) in [7, 11) is 1.25. The van der Waals surface area contributed by atoms with E-state index in [2.05, 4.69) is 10.1 Å². The molecule has 4 atom stereocenters. The summed E-state index contributed by atoms with van der Waals surface area (Å²) in [6, 6.07) is 8.42. The van der Waals surface area contributed by atoms with Crippen molar-refractivity contribution < 1.29 is 39.1 Å². The second-order valence-electron chi connectivity index (χ2n) is 8.95. The maximum atomic E-state index is 12.3. The number of nitro groups is 1. The molecule has 0 bridgehead atoms. The standard InChI is InChI=1S/C16H19N3O5S.C8H7NO4/c1-16(2)11(15(23)24)19-13(22)10(14(19)25-16)18-12(21)9(17)7-3-5-8(20)6-4-7;1-13-8(10)6-2-4-7(5-3-6)9(11)12/h3-6,9-11,14,20H,17H2,1-2H3,(H,18,21)(H,23,24);2-5H,1H3/t9?,10-,11+,14-;/m1./s1. The molecule has 14 heteroatoms. The van der Waals surface area contributed by atoms with Crippen LogP contribution in [-0.4, -0.2) is 73.1 Å². The first-order valence-corrected chi connectivity index (χ1v) is 12.1. The van der Waals surface area contributed by atoms with Gasteiger partial charge in [-0.1, -0.05) is 12.1 Å². The minimum Gasteiger partial charge on any atom is -0.508 e. The first-order chi connectivity index (χ1) is 17.8. The predicted octanol–water partition coefficient (Wildman–Crippen LogP) is 1.41. The molecule has 38 heavy (non-hydrogen) atoms. The Balaban J connectivity index is 0.000000260. The minimum absolute atomic E-state index is 0.0485. The van der Waals surface area contributed by atoms with Crippen LogP contribution in [0.25, 0.3) is 0 Å². The van der Waals surface area contributed by atoms with Crippen molar-refractivity contribution in [2.45, 2.75) is 42.1 Å². The molecule has 5 N–H and O–H groups in total. The molecule has 2 aromatic rings. The average Bonchev–Trinajstić information content (AvgIpc) is 3.14. The maximum absolute atomic E-state index is 12.3. The molecule has 2 aliphatic heterocycles. The zero-order valence-corrected chi connectivity index (χ0v) is 21.4. The van der Waals surface area contributed by atoms with Gasteiger partial charge in [0, 0.05) is 16.9 Å². The first kappa shape index (κ1) is 28.4. The Bertz CT molecular complexity index is 1250. The fourth-order valence-electron chi connectivity index (χ4n) is 4.06. The molecule has 0 aliphatic carbocycles. The van der Waals surface area contributed by atoms with E-state index in [1.54, 1.807) is 13.8 Å². The van der Waals surface area contributed by atoms with E-state index in [4.69, 9.17) is 5.73 Å². The molecule has 13 nitrogen and oxygen atoms in total. The Morgan fingerprint density at radius 2 is 1.74 bits per heavy atom. The number of phenolic OH excluding ortho intramolecular Hbond substituents is 1. The van der Waals surface area contributed by atoms with Crippen LogP contribution in [0.1, 0.15) is 35.8 Å². The van der Waals surface area contributed by atoms with Gasteiger partial charge in [0.2, 0.25) is 11.8 Å². The molecule has 2 heterocycles. The molecule has 2 amide bonds. The van der Waals surface area contributed by atoms with Crippen molar-refractivity contribution in [1.82, 2.24) is 10.2 Å². The van der Waals surface area contributed by atoms with Crippen molar-refractivity contribution >= 4 is 41.2 Å². The summed E-state index contributed by atoms with van der Waals surface area (Å²) in [6.07, 6.45) is 0. The molecule has 2 saturated heterocycles. The number of phenols is 1. The van der Waals surface area contributed by atoms with Gasteiger partial charge in [-0.2, -0.15) is 0 Å². The van der Waals surface area contributed by atoms with E-state index in [-0.39, 0.29) is 11.4 Å². The number of β-lactam (4-membered cyclic amide) rings is 1. The Morgan fingerprint density at radius 1 is 1.16 bits per heavy atom. The van der Waals surface area contributed by atoms with Crippen LogP contribution in [0, 0.1) is 10.1 Å². The third-order valence-electron chi connectivity index (χ3n) is 6.01. The number of nitro benzene ring substituents is 1. The van der Waals surface area contributed by atoms with E-state index in [9.17, 15) is 39.5 Å². The largest absolute Gasteiger partial charge is 0.508 e. The van der Waals surface area contributed by atoms with Crippen molar-refractivity contribution in [3.63, 3.8) is 0 Å². The number of amides is 2. The minimum atomic E-state index is -1.06. The summed E-state index contributed by atoms with van der Waals surface area (Å²) in [5.41, 5.74) is 6.66. The molecule has 2 fully saturated rings. The predicted molar refractivity (Wildman–Crippen MR) is 135 cm³/mol. The van der Waals surface area contributed by atoms with Crippen LogP contribution in [0.5, 0.6) is 5.75 Å². The lowest BCUT2D eigenvalue weighted by atomic mass is 9.95. The number of hydrogen-bond donors (Lipinski definition) is 4. The molecule has 202 valence electrons. The van der Waals surface area contributed by atoms with Crippen LogP contribution >= 0.6 is 11.8 Å². The number of non-ortho nitro benzene ring substituents is 1. The van der Waals surface area contributed by atoms with Gasteiger partial charge in [0.25, 0.3) is 5.69 Å². The quantitative estimate of drug-likeness (QED) is 0.176. The van der Waals surface area contributed by atoms with Gasteiger partial charge in [-0.25, -0.2) is 9.59 Å². The number of thioether (sulfide) groups is 1. The molecule has 0 saturated carbocycles. The van der Waals surface area contributed by atoms with Crippen LogP contribution in [0.2, 0.25) is 0 Å². The maximum Gasteiger partial charge on any atom is 0.337 e. The Kier molecular flexibility index (Phi) is 8.27. The highest BCUT2D eigenvalue weighted by Gasteiger charge is 2.64. The lowest BCUT2D eigenvalue weighted by Gasteiger charge is -2.43. The number of benzene rings is 2. The van der Waals surface area contributed by atoms with Gasteiger partial charge in [0.05, 0.1) is 17.6 Å². The van der Waals surface area contributed by atoms with Crippen molar-refractivity contribution in [3.05, 3.63) is 69.8 Å². The molecule has 0 radical (unpaired) electrons. The van der Waals surface area contributed by atoms with E-state index in [1.165, 1.54) is 72.3 Å². The zero-order chi connectivity index (χ0) is 28.4. The normalized spacial score (nSPS) is 21.6. The summed E-state index contributed by atoms with van der Waals surface area (Å²) >= 11 is 1.35. The molecular weight excluding hydrogens is 520 g/mol. The van der Waals surface area contributed by atoms with Gasteiger partial charge in [-0.05, 0) is 43.7 Å². The number of esters is 1. The van der Waals surface area contributed by atoms with E-state index in [1.807, 2.05) is 0 Å². The number of hydrogen-bond acceptors (Lipinski definition) is 10. The van der Waals surface area contributed by atoms with Crippen LogP contribution < -0.4 is 11.1 Å². The number of methoxy groups -OCH3 is 1. The van der Waals surface area contributed by atoms with Crippen molar-refractivity contribution in [1.29, 1.82) is 0 Å². The summed E-state index contributed by atoms with van der Waals surface area (Å²) in [6.45, 7) is 3.53.